The smallest absolute Gasteiger partial charge is 0.247 e. The Morgan fingerprint density at radius 2 is 1.78 bits per heavy atom. The van der Waals surface area contributed by atoms with Crippen molar-refractivity contribution in [2.24, 2.45) is 11.8 Å². The number of benzene rings is 2. The predicted octanol–water partition coefficient (Wildman–Crippen LogP) is 4.04. The number of rotatable bonds is 7. The highest BCUT2D eigenvalue weighted by atomic mass is 32.2. The lowest BCUT2D eigenvalue weighted by atomic mass is 9.94. The van der Waals surface area contributed by atoms with E-state index < -0.39 is 10.0 Å². The van der Waals surface area contributed by atoms with Gasteiger partial charge in [0, 0.05) is 31.6 Å². The van der Waals surface area contributed by atoms with Crippen LogP contribution in [0.5, 0.6) is 0 Å². The Hall–Kier alpha value is -2.44. The Labute approximate surface area is 191 Å². The van der Waals surface area contributed by atoms with E-state index in [1.54, 1.807) is 16.4 Å². The standard InChI is InChI=1S/C26H32N2O3S/c1-19-13-20(2)18-28(17-19)32(30,31)25-11-10-22-14-24(15-23(22)16-25)26(29)27-12-6-9-21-7-4-3-5-8-21/h3-5,7-8,10-11,15-16,19-20H,6,9,12-14,17-18H2,1-2H3,(H,27,29). The number of carbonyl (C=O) groups excluding carboxylic acids is 1. The zero-order valence-electron chi connectivity index (χ0n) is 18.9. The first-order valence-corrected chi connectivity index (χ1v) is 12.9. The molecule has 0 spiro atoms. The van der Waals surface area contributed by atoms with Crippen LogP contribution in [0.4, 0.5) is 0 Å². The maximum Gasteiger partial charge on any atom is 0.247 e. The average molecular weight is 453 g/mol. The lowest BCUT2D eigenvalue weighted by Crippen LogP contribution is -2.42. The first-order chi connectivity index (χ1) is 15.3. The Balaban J connectivity index is 1.39. The number of nitrogens with one attached hydrogen (secondary N) is 1. The van der Waals surface area contributed by atoms with Gasteiger partial charge in [-0.05, 0) is 66.0 Å². The molecule has 1 amide bonds. The molecule has 6 heteroatoms. The lowest BCUT2D eigenvalue weighted by Gasteiger charge is -2.34. The first-order valence-electron chi connectivity index (χ1n) is 11.5. The van der Waals surface area contributed by atoms with Crippen LogP contribution in [0.3, 0.4) is 0 Å². The van der Waals surface area contributed by atoms with Crippen molar-refractivity contribution in [1.82, 2.24) is 9.62 Å². The summed E-state index contributed by atoms with van der Waals surface area (Å²) in [4.78, 5) is 12.9. The molecule has 1 N–H and O–H groups in total. The van der Waals surface area contributed by atoms with E-state index in [1.807, 2.05) is 30.3 Å². The summed E-state index contributed by atoms with van der Waals surface area (Å²) >= 11 is 0. The topological polar surface area (TPSA) is 66.5 Å². The number of hydrogen-bond donors (Lipinski definition) is 1. The minimum Gasteiger partial charge on any atom is -0.352 e. The highest BCUT2D eigenvalue weighted by molar-refractivity contribution is 7.89. The van der Waals surface area contributed by atoms with E-state index in [1.165, 1.54) is 5.56 Å². The van der Waals surface area contributed by atoms with Crippen molar-refractivity contribution < 1.29 is 13.2 Å². The van der Waals surface area contributed by atoms with Crippen LogP contribution >= 0.6 is 0 Å². The number of piperidine rings is 1. The molecule has 0 saturated carbocycles. The molecule has 32 heavy (non-hydrogen) atoms. The number of hydrogen-bond acceptors (Lipinski definition) is 3. The average Bonchev–Trinajstić information content (AvgIpc) is 3.20. The van der Waals surface area contributed by atoms with Crippen LogP contribution < -0.4 is 5.32 Å². The highest BCUT2D eigenvalue weighted by Crippen LogP contribution is 2.31. The Morgan fingerprint density at radius 3 is 2.50 bits per heavy atom. The number of carbonyl (C=O) groups is 1. The molecular weight excluding hydrogens is 420 g/mol. The molecule has 1 aliphatic carbocycles. The van der Waals surface area contributed by atoms with Gasteiger partial charge in [0.1, 0.15) is 0 Å². The van der Waals surface area contributed by atoms with Crippen LogP contribution in [0.1, 0.15) is 43.4 Å². The van der Waals surface area contributed by atoms with Crippen LogP contribution in [-0.4, -0.2) is 38.3 Å². The molecule has 1 heterocycles. The van der Waals surface area contributed by atoms with Crippen LogP contribution in [0, 0.1) is 11.8 Å². The van der Waals surface area contributed by atoms with Gasteiger partial charge in [-0.2, -0.15) is 4.31 Å². The largest absolute Gasteiger partial charge is 0.352 e. The molecule has 0 aromatic heterocycles. The molecule has 0 radical (unpaired) electrons. The van der Waals surface area contributed by atoms with Gasteiger partial charge < -0.3 is 5.32 Å². The van der Waals surface area contributed by atoms with Crippen molar-refractivity contribution in [3.8, 4) is 0 Å². The summed E-state index contributed by atoms with van der Waals surface area (Å²) in [5, 5.41) is 3.00. The predicted molar refractivity (Wildman–Crippen MR) is 128 cm³/mol. The molecule has 0 bridgehead atoms. The summed E-state index contributed by atoms with van der Waals surface area (Å²) in [6, 6.07) is 15.5. The van der Waals surface area contributed by atoms with Gasteiger partial charge in [0.05, 0.1) is 4.90 Å². The third-order valence-electron chi connectivity index (χ3n) is 6.36. The minimum atomic E-state index is -3.53. The normalized spacial score (nSPS) is 21.1. The quantitative estimate of drug-likeness (QED) is 0.645. The molecule has 1 fully saturated rings. The van der Waals surface area contributed by atoms with Crippen molar-refractivity contribution >= 4 is 22.0 Å². The molecule has 2 aliphatic rings. The van der Waals surface area contributed by atoms with Gasteiger partial charge in [0.2, 0.25) is 15.9 Å². The molecule has 4 rings (SSSR count). The molecule has 5 nitrogen and oxygen atoms in total. The molecule has 2 atom stereocenters. The van der Waals surface area contributed by atoms with Crippen LogP contribution in [0.25, 0.3) is 6.08 Å². The summed E-state index contributed by atoms with van der Waals surface area (Å²) in [5.41, 5.74) is 3.78. The van der Waals surface area contributed by atoms with Crippen LogP contribution in [-0.2, 0) is 27.7 Å². The maximum atomic E-state index is 13.2. The summed E-state index contributed by atoms with van der Waals surface area (Å²) in [7, 11) is -3.53. The third kappa shape index (κ3) is 5.13. The van der Waals surface area contributed by atoms with E-state index in [4.69, 9.17) is 0 Å². The van der Waals surface area contributed by atoms with E-state index in [0.29, 0.717) is 48.4 Å². The second kappa shape index (κ2) is 9.59. The number of sulfonamides is 1. The number of aryl methyl sites for hydroxylation is 1. The van der Waals surface area contributed by atoms with E-state index in [2.05, 4.69) is 31.3 Å². The van der Waals surface area contributed by atoms with Crippen molar-refractivity contribution in [1.29, 1.82) is 0 Å². The third-order valence-corrected chi connectivity index (χ3v) is 8.19. The molecule has 2 aromatic carbocycles. The number of nitrogens with zero attached hydrogens (tertiary/aromatic N) is 1. The Bertz CT molecular complexity index is 1100. The first kappa shape index (κ1) is 22.7. The number of amides is 1. The fraction of sp³-hybridized carbons (Fsp3) is 0.423. The lowest BCUT2D eigenvalue weighted by molar-refractivity contribution is -0.117. The monoisotopic (exact) mass is 452 g/mol. The van der Waals surface area contributed by atoms with E-state index in [0.717, 1.165) is 30.4 Å². The van der Waals surface area contributed by atoms with Gasteiger partial charge in [-0.1, -0.05) is 50.2 Å². The van der Waals surface area contributed by atoms with Gasteiger partial charge in [-0.3, -0.25) is 4.79 Å². The Kier molecular flexibility index (Phi) is 6.82. The zero-order valence-corrected chi connectivity index (χ0v) is 19.7. The van der Waals surface area contributed by atoms with Gasteiger partial charge >= 0.3 is 0 Å². The molecule has 2 unspecified atom stereocenters. The minimum absolute atomic E-state index is 0.0719. The Morgan fingerprint density at radius 1 is 1.06 bits per heavy atom. The second-order valence-corrected chi connectivity index (χ2v) is 11.3. The molecular formula is C26H32N2O3S. The summed E-state index contributed by atoms with van der Waals surface area (Å²) in [6.45, 7) is 5.96. The molecule has 170 valence electrons. The SMILES string of the molecule is CC1CC(C)CN(S(=O)(=O)c2ccc3c(c2)C=C(C(=O)NCCCc2ccccc2)C3)C1. The molecule has 2 aromatic rings. The van der Waals surface area contributed by atoms with Gasteiger partial charge in [-0.15, -0.1) is 0 Å². The van der Waals surface area contributed by atoms with Gasteiger partial charge in [0.25, 0.3) is 0 Å². The van der Waals surface area contributed by atoms with Gasteiger partial charge in [-0.25, -0.2) is 8.42 Å². The van der Waals surface area contributed by atoms with Crippen molar-refractivity contribution in [3.63, 3.8) is 0 Å². The van der Waals surface area contributed by atoms with E-state index >= 15 is 0 Å². The fourth-order valence-corrected chi connectivity index (χ4v) is 6.54. The van der Waals surface area contributed by atoms with E-state index in [9.17, 15) is 13.2 Å². The maximum absolute atomic E-state index is 13.2. The number of fused-ring (bicyclic) bond motifs is 1. The van der Waals surface area contributed by atoms with Crippen molar-refractivity contribution in [3.05, 3.63) is 70.8 Å². The van der Waals surface area contributed by atoms with Crippen molar-refractivity contribution in [2.45, 2.75) is 44.4 Å². The molecule has 1 saturated heterocycles. The summed E-state index contributed by atoms with van der Waals surface area (Å²) in [5.74, 6) is 0.650. The fourth-order valence-electron chi connectivity index (χ4n) is 4.82. The van der Waals surface area contributed by atoms with E-state index in [-0.39, 0.29) is 5.91 Å². The van der Waals surface area contributed by atoms with Crippen LogP contribution in [0.2, 0.25) is 0 Å². The highest BCUT2D eigenvalue weighted by Gasteiger charge is 2.32. The summed E-state index contributed by atoms with van der Waals surface area (Å²) in [6.07, 6.45) is 5.24. The van der Waals surface area contributed by atoms with Gasteiger partial charge in [0.15, 0.2) is 0 Å². The summed E-state index contributed by atoms with van der Waals surface area (Å²) < 4.78 is 28.0. The second-order valence-electron chi connectivity index (χ2n) is 9.32. The molecule has 1 aliphatic heterocycles. The van der Waals surface area contributed by atoms with Crippen molar-refractivity contribution in [2.75, 3.05) is 19.6 Å². The zero-order chi connectivity index (χ0) is 22.7. The van der Waals surface area contributed by atoms with Crippen LogP contribution in [0.15, 0.2) is 59.0 Å².